The predicted octanol–water partition coefficient (Wildman–Crippen LogP) is 2.00. The van der Waals surface area contributed by atoms with E-state index >= 15 is 0 Å². The molecule has 4 nitrogen and oxygen atoms in total. The van der Waals surface area contributed by atoms with Crippen molar-refractivity contribution in [3.63, 3.8) is 0 Å². The molecule has 0 unspecified atom stereocenters. The Morgan fingerprint density at radius 3 is 2.37 bits per heavy atom. The largest absolute Gasteiger partial charge is 0.396 e. The lowest BCUT2D eigenvalue weighted by Crippen LogP contribution is -2.08. The van der Waals surface area contributed by atoms with E-state index < -0.39 is 0 Å². The van der Waals surface area contributed by atoms with Crippen LogP contribution in [-0.2, 0) is 13.5 Å². The summed E-state index contributed by atoms with van der Waals surface area (Å²) in [5.74, 6) is 0.950. The Bertz CT molecular complexity index is 556. The van der Waals surface area contributed by atoms with Crippen LogP contribution >= 0.6 is 0 Å². The Hall–Kier alpha value is -1.81. The second-order valence-electron chi connectivity index (χ2n) is 4.94. The molecular formula is C15H21N3O. The topological polar surface area (TPSA) is 41.3 Å². The van der Waals surface area contributed by atoms with Gasteiger partial charge in [-0.2, -0.15) is 0 Å². The van der Waals surface area contributed by atoms with Crippen LogP contribution in [0.5, 0.6) is 0 Å². The summed E-state index contributed by atoms with van der Waals surface area (Å²) >= 11 is 0. The molecule has 1 heterocycles. The van der Waals surface area contributed by atoms with Crippen LogP contribution in [0.25, 0.3) is 11.4 Å². The van der Waals surface area contributed by atoms with Crippen LogP contribution in [0.2, 0.25) is 0 Å². The first-order valence-corrected chi connectivity index (χ1v) is 6.45. The summed E-state index contributed by atoms with van der Waals surface area (Å²) in [6.07, 6.45) is 0.607. The molecule has 102 valence electrons. The maximum Gasteiger partial charge on any atom is 0.140 e. The normalized spacial score (nSPS) is 10.8. The third kappa shape index (κ3) is 2.63. The van der Waals surface area contributed by atoms with Crippen molar-refractivity contribution in [2.75, 3.05) is 25.6 Å². The van der Waals surface area contributed by atoms with Gasteiger partial charge in [-0.1, -0.05) is 0 Å². The average molecular weight is 259 g/mol. The Kier molecular flexibility index (Phi) is 3.90. The number of imidazole rings is 1. The molecule has 0 amide bonds. The van der Waals surface area contributed by atoms with Gasteiger partial charge in [-0.15, -0.1) is 0 Å². The van der Waals surface area contributed by atoms with Gasteiger partial charge in [-0.25, -0.2) is 4.98 Å². The minimum absolute atomic E-state index is 0.136. The zero-order valence-electron chi connectivity index (χ0n) is 12.0. The number of aromatic nitrogens is 2. The van der Waals surface area contributed by atoms with E-state index in [2.05, 4.69) is 38.7 Å². The molecule has 1 aromatic heterocycles. The molecule has 1 N–H and O–H groups in total. The van der Waals surface area contributed by atoms with Gasteiger partial charge in [0.25, 0.3) is 0 Å². The molecule has 0 atom stereocenters. The van der Waals surface area contributed by atoms with Crippen LogP contribution in [0, 0.1) is 6.92 Å². The summed E-state index contributed by atoms with van der Waals surface area (Å²) in [7, 11) is 6.07. The van der Waals surface area contributed by atoms with E-state index in [4.69, 9.17) is 5.11 Å². The smallest absolute Gasteiger partial charge is 0.140 e. The molecule has 1 aromatic carbocycles. The summed E-state index contributed by atoms with van der Waals surface area (Å²) < 4.78 is 2.08. The van der Waals surface area contributed by atoms with E-state index in [9.17, 15) is 0 Å². The van der Waals surface area contributed by atoms with E-state index in [0.29, 0.717) is 6.42 Å². The molecule has 0 saturated heterocycles. The fourth-order valence-corrected chi connectivity index (χ4v) is 2.15. The van der Waals surface area contributed by atoms with Crippen LogP contribution in [0.15, 0.2) is 24.3 Å². The standard InChI is InChI=1S/C15H21N3O/c1-11-14(9-10-19)16-15(18(11)4)12-5-7-13(8-6-12)17(2)3/h5-8,19H,9-10H2,1-4H3. The van der Waals surface area contributed by atoms with Gasteiger partial charge in [0.05, 0.1) is 5.69 Å². The van der Waals surface area contributed by atoms with E-state index in [1.807, 2.05) is 28.1 Å². The van der Waals surface area contributed by atoms with Gasteiger partial charge >= 0.3 is 0 Å². The van der Waals surface area contributed by atoms with Gasteiger partial charge in [0.2, 0.25) is 0 Å². The van der Waals surface area contributed by atoms with Gasteiger partial charge < -0.3 is 14.6 Å². The molecular weight excluding hydrogens is 238 g/mol. The molecule has 0 spiro atoms. The molecule has 0 saturated carbocycles. The first kappa shape index (κ1) is 13.6. The monoisotopic (exact) mass is 259 g/mol. The molecule has 0 fully saturated rings. The highest BCUT2D eigenvalue weighted by molar-refractivity contribution is 5.61. The average Bonchev–Trinajstić information content (AvgIpc) is 2.68. The number of hydrogen-bond acceptors (Lipinski definition) is 3. The van der Waals surface area contributed by atoms with Crippen molar-refractivity contribution < 1.29 is 5.11 Å². The molecule has 0 bridgehead atoms. The second kappa shape index (κ2) is 5.45. The van der Waals surface area contributed by atoms with Gasteiger partial charge in [-0.3, -0.25) is 0 Å². The minimum atomic E-state index is 0.136. The molecule has 19 heavy (non-hydrogen) atoms. The Morgan fingerprint density at radius 2 is 1.84 bits per heavy atom. The molecule has 2 aromatic rings. The van der Waals surface area contributed by atoms with Crippen molar-refractivity contribution in [2.24, 2.45) is 7.05 Å². The molecule has 2 rings (SSSR count). The summed E-state index contributed by atoms with van der Waals surface area (Å²) in [6.45, 7) is 2.17. The van der Waals surface area contributed by atoms with Crippen LogP contribution in [0.1, 0.15) is 11.4 Å². The fourth-order valence-electron chi connectivity index (χ4n) is 2.15. The molecule has 0 radical (unpaired) electrons. The summed E-state index contributed by atoms with van der Waals surface area (Å²) in [5.41, 5.74) is 4.35. The third-order valence-corrected chi connectivity index (χ3v) is 3.47. The quantitative estimate of drug-likeness (QED) is 0.913. The first-order chi connectivity index (χ1) is 9.04. The van der Waals surface area contributed by atoms with Crippen molar-refractivity contribution in [3.8, 4) is 11.4 Å². The molecule has 0 aliphatic rings. The number of aliphatic hydroxyl groups excluding tert-OH is 1. The zero-order valence-corrected chi connectivity index (χ0v) is 12.0. The minimum Gasteiger partial charge on any atom is -0.396 e. The van der Waals surface area contributed by atoms with Crippen LogP contribution < -0.4 is 4.90 Å². The molecule has 0 aliphatic heterocycles. The van der Waals surface area contributed by atoms with Crippen molar-refractivity contribution >= 4 is 5.69 Å². The Balaban J connectivity index is 2.38. The van der Waals surface area contributed by atoms with E-state index in [0.717, 1.165) is 22.8 Å². The van der Waals surface area contributed by atoms with Crippen LogP contribution in [0.4, 0.5) is 5.69 Å². The predicted molar refractivity (Wildman–Crippen MR) is 78.5 cm³/mol. The number of anilines is 1. The van der Waals surface area contributed by atoms with E-state index in [1.54, 1.807) is 0 Å². The van der Waals surface area contributed by atoms with Crippen molar-refractivity contribution in [1.82, 2.24) is 9.55 Å². The van der Waals surface area contributed by atoms with Crippen LogP contribution in [0.3, 0.4) is 0 Å². The number of hydrogen-bond donors (Lipinski definition) is 1. The summed E-state index contributed by atoms with van der Waals surface area (Å²) in [5, 5.41) is 9.06. The maximum absolute atomic E-state index is 9.06. The van der Waals surface area contributed by atoms with Crippen molar-refractivity contribution in [2.45, 2.75) is 13.3 Å². The van der Waals surface area contributed by atoms with Crippen molar-refractivity contribution in [3.05, 3.63) is 35.7 Å². The van der Waals surface area contributed by atoms with Gasteiger partial charge in [0.1, 0.15) is 5.82 Å². The summed E-state index contributed by atoms with van der Waals surface area (Å²) in [6, 6.07) is 8.34. The maximum atomic E-state index is 9.06. The van der Waals surface area contributed by atoms with Crippen LogP contribution in [-0.4, -0.2) is 35.4 Å². The van der Waals surface area contributed by atoms with Crippen molar-refractivity contribution in [1.29, 1.82) is 0 Å². The fraction of sp³-hybridized carbons (Fsp3) is 0.400. The number of aliphatic hydroxyl groups is 1. The van der Waals surface area contributed by atoms with E-state index in [1.165, 1.54) is 5.69 Å². The Labute approximate surface area is 114 Å². The lowest BCUT2D eigenvalue weighted by molar-refractivity contribution is 0.298. The summed E-state index contributed by atoms with van der Waals surface area (Å²) in [4.78, 5) is 6.71. The number of rotatable bonds is 4. The lowest BCUT2D eigenvalue weighted by Gasteiger charge is -2.12. The molecule has 4 heteroatoms. The Morgan fingerprint density at radius 1 is 1.21 bits per heavy atom. The third-order valence-electron chi connectivity index (χ3n) is 3.47. The SMILES string of the molecule is Cc1c(CCO)nc(-c2ccc(N(C)C)cc2)n1C. The number of benzene rings is 1. The van der Waals surface area contributed by atoms with Gasteiger partial charge in [0.15, 0.2) is 0 Å². The van der Waals surface area contributed by atoms with E-state index in [-0.39, 0.29) is 6.61 Å². The highest BCUT2D eigenvalue weighted by atomic mass is 16.3. The lowest BCUT2D eigenvalue weighted by atomic mass is 10.2. The zero-order chi connectivity index (χ0) is 14.0. The number of nitrogens with zero attached hydrogens (tertiary/aromatic N) is 3. The van der Waals surface area contributed by atoms with Gasteiger partial charge in [-0.05, 0) is 31.2 Å². The highest BCUT2D eigenvalue weighted by Gasteiger charge is 2.12. The van der Waals surface area contributed by atoms with Gasteiger partial charge in [0, 0.05) is 51.1 Å². The second-order valence-corrected chi connectivity index (χ2v) is 4.94. The highest BCUT2D eigenvalue weighted by Crippen LogP contribution is 2.23. The molecule has 0 aliphatic carbocycles. The first-order valence-electron chi connectivity index (χ1n) is 6.45.